The molecule has 0 radical (unpaired) electrons. The fourth-order valence-electron chi connectivity index (χ4n) is 2.57. The topological polar surface area (TPSA) is 78.9 Å². The Morgan fingerprint density at radius 2 is 2.09 bits per heavy atom. The van der Waals surface area contributed by atoms with Crippen molar-refractivity contribution in [2.24, 2.45) is 0 Å². The second-order valence-electron chi connectivity index (χ2n) is 5.95. The number of anilines is 1. The van der Waals surface area contributed by atoms with Crippen molar-refractivity contribution in [1.82, 2.24) is 4.90 Å². The monoisotopic (exact) mass is 340 g/mol. The third-order valence-electron chi connectivity index (χ3n) is 3.98. The fourth-order valence-corrected chi connectivity index (χ4v) is 2.74. The zero-order chi connectivity index (χ0) is 17.0. The summed E-state index contributed by atoms with van der Waals surface area (Å²) in [5, 5.41) is 13.2. The van der Waals surface area contributed by atoms with Crippen LogP contribution in [0.25, 0.3) is 0 Å². The molecule has 0 bridgehead atoms. The van der Waals surface area contributed by atoms with Crippen molar-refractivity contribution in [3.05, 3.63) is 28.8 Å². The van der Waals surface area contributed by atoms with Crippen molar-refractivity contribution in [2.75, 3.05) is 25.5 Å². The number of carbonyl (C=O) groups is 2. The highest BCUT2D eigenvalue weighted by atomic mass is 35.5. The molecular weight excluding hydrogens is 320 g/mol. The Morgan fingerprint density at radius 1 is 1.35 bits per heavy atom. The number of aliphatic hydroxyl groups is 1. The Bertz CT molecular complexity index is 604. The first-order chi connectivity index (χ1) is 10.8. The first-order valence-corrected chi connectivity index (χ1v) is 7.86. The van der Waals surface area contributed by atoms with E-state index < -0.39 is 11.6 Å². The first kappa shape index (κ1) is 17.6. The number of nitrogens with zero attached hydrogens (tertiary/aromatic N) is 1. The summed E-state index contributed by atoms with van der Waals surface area (Å²) in [6.07, 6.45) is 1.90. The van der Waals surface area contributed by atoms with E-state index in [0.29, 0.717) is 36.6 Å². The maximum absolute atomic E-state index is 12.4. The lowest BCUT2D eigenvalue weighted by atomic mass is 9.98. The SMILES string of the molecule is COC(=O)c1cc(Cl)ccc1NC(=O)N1CCC[C@](C)(O)CC1. The fraction of sp³-hybridized carbons (Fsp3) is 0.500. The summed E-state index contributed by atoms with van der Waals surface area (Å²) in [4.78, 5) is 25.9. The molecule has 1 aromatic rings. The van der Waals surface area contributed by atoms with E-state index in [1.807, 2.05) is 0 Å². The van der Waals surface area contributed by atoms with Gasteiger partial charge in [0, 0.05) is 18.1 Å². The Labute approximate surface area is 140 Å². The van der Waals surface area contributed by atoms with Crippen LogP contribution >= 0.6 is 11.6 Å². The van der Waals surface area contributed by atoms with Gasteiger partial charge in [0.2, 0.25) is 0 Å². The Morgan fingerprint density at radius 3 is 2.78 bits per heavy atom. The summed E-state index contributed by atoms with van der Waals surface area (Å²) in [6, 6.07) is 4.31. The number of rotatable bonds is 2. The zero-order valence-corrected chi connectivity index (χ0v) is 14.0. The van der Waals surface area contributed by atoms with Crippen molar-refractivity contribution in [3.8, 4) is 0 Å². The van der Waals surface area contributed by atoms with E-state index in [0.717, 1.165) is 6.42 Å². The number of esters is 1. The molecule has 126 valence electrons. The lowest BCUT2D eigenvalue weighted by Gasteiger charge is -2.23. The molecule has 1 aromatic carbocycles. The molecule has 0 aliphatic carbocycles. The van der Waals surface area contributed by atoms with Crippen LogP contribution in [0.1, 0.15) is 36.5 Å². The van der Waals surface area contributed by atoms with Gasteiger partial charge in [-0.15, -0.1) is 0 Å². The highest BCUT2D eigenvalue weighted by molar-refractivity contribution is 6.31. The highest BCUT2D eigenvalue weighted by Gasteiger charge is 2.27. The van der Waals surface area contributed by atoms with Gasteiger partial charge >= 0.3 is 12.0 Å². The summed E-state index contributed by atoms with van der Waals surface area (Å²) in [5.41, 5.74) is -0.190. The van der Waals surface area contributed by atoms with Crippen molar-refractivity contribution in [2.45, 2.75) is 31.8 Å². The van der Waals surface area contributed by atoms with E-state index in [9.17, 15) is 14.7 Å². The molecule has 6 nitrogen and oxygen atoms in total. The number of hydrogen-bond donors (Lipinski definition) is 2. The quantitative estimate of drug-likeness (QED) is 0.811. The average molecular weight is 341 g/mol. The number of benzene rings is 1. The second-order valence-corrected chi connectivity index (χ2v) is 6.39. The first-order valence-electron chi connectivity index (χ1n) is 7.48. The van der Waals surface area contributed by atoms with Gasteiger partial charge in [-0.05, 0) is 44.4 Å². The van der Waals surface area contributed by atoms with Crippen LogP contribution in [-0.2, 0) is 4.74 Å². The molecule has 0 aromatic heterocycles. The Kier molecular flexibility index (Phi) is 5.49. The minimum absolute atomic E-state index is 0.204. The van der Waals surface area contributed by atoms with Crippen LogP contribution in [0, 0.1) is 0 Å². The molecule has 1 fully saturated rings. The maximum Gasteiger partial charge on any atom is 0.340 e. The van der Waals surface area contributed by atoms with Crippen LogP contribution in [0.3, 0.4) is 0 Å². The minimum atomic E-state index is -0.744. The Hall–Kier alpha value is -1.79. The number of amides is 2. The summed E-state index contributed by atoms with van der Waals surface area (Å²) in [6.45, 7) is 2.80. The number of carbonyl (C=O) groups excluding carboxylic acids is 2. The van der Waals surface area contributed by atoms with E-state index in [-0.39, 0.29) is 11.6 Å². The standard InChI is InChI=1S/C16H21ClN2O4/c1-16(22)6-3-8-19(9-7-16)15(21)18-13-5-4-11(17)10-12(13)14(20)23-2/h4-5,10,22H,3,6-9H2,1-2H3,(H,18,21)/t16-/m0/s1. The molecule has 7 heteroatoms. The van der Waals surface area contributed by atoms with Gasteiger partial charge in [0.1, 0.15) is 0 Å². The van der Waals surface area contributed by atoms with E-state index in [1.54, 1.807) is 24.0 Å². The maximum atomic E-state index is 12.4. The van der Waals surface area contributed by atoms with Gasteiger partial charge < -0.3 is 20.1 Å². The average Bonchev–Trinajstić information content (AvgIpc) is 2.69. The van der Waals surface area contributed by atoms with Crippen LogP contribution in [0.2, 0.25) is 5.02 Å². The van der Waals surface area contributed by atoms with E-state index in [2.05, 4.69) is 5.32 Å². The molecule has 23 heavy (non-hydrogen) atoms. The smallest absolute Gasteiger partial charge is 0.340 e. The number of likely N-dealkylation sites (tertiary alicyclic amines) is 1. The third kappa shape index (κ3) is 4.59. The molecule has 2 amide bonds. The molecule has 2 rings (SSSR count). The summed E-state index contributed by atoms with van der Waals surface area (Å²) >= 11 is 5.90. The predicted octanol–water partition coefficient (Wildman–Crippen LogP) is 2.90. The van der Waals surface area contributed by atoms with E-state index in [4.69, 9.17) is 16.3 Å². The third-order valence-corrected chi connectivity index (χ3v) is 4.21. The van der Waals surface area contributed by atoms with Gasteiger partial charge in [-0.25, -0.2) is 9.59 Å². The molecular formula is C16H21ClN2O4. The number of hydrogen-bond acceptors (Lipinski definition) is 4. The number of ether oxygens (including phenoxy) is 1. The van der Waals surface area contributed by atoms with Crippen molar-refractivity contribution >= 4 is 29.3 Å². The van der Waals surface area contributed by atoms with Crippen LogP contribution in [0.4, 0.5) is 10.5 Å². The molecule has 1 atom stereocenters. The van der Waals surface area contributed by atoms with Gasteiger partial charge in [-0.2, -0.15) is 0 Å². The van der Waals surface area contributed by atoms with Crippen LogP contribution < -0.4 is 5.32 Å². The summed E-state index contributed by atoms with van der Waals surface area (Å²) < 4.78 is 4.71. The van der Waals surface area contributed by atoms with Gasteiger partial charge in [-0.3, -0.25) is 0 Å². The summed E-state index contributed by atoms with van der Waals surface area (Å²) in [7, 11) is 1.27. The predicted molar refractivity (Wildman–Crippen MR) is 87.9 cm³/mol. The second kappa shape index (κ2) is 7.19. The Balaban J connectivity index is 2.12. The molecule has 0 saturated carbocycles. The number of methoxy groups -OCH3 is 1. The van der Waals surface area contributed by atoms with Gasteiger partial charge in [0.05, 0.1) is 24.0 Å². The van der Waals surface area contributed by atoms with Gasteiger partial charge in [0.15, 0.2) is 0 Å². The normalized spacial score (nSPS) is 21.5. The largest absolute Gasteiger partial charge is 0.465 e. The van der Waals surface area contributed by atoms with Gasteiger partial charge in [-0.1, -0.05) is 11.6 Å². The zero-order valence-electron chi connectivity index (χ0n) is 13.3. The molecule has 0 spiro atoms. The van der Waals surface area contributed by atoms with Crippen molar-refractivity contribution in [3.63, 3.8) is 0 Å². The van der Waals surface area contributed by atoms with Crippen LogP contribution in [0.15, 0.2) is 18.2 Å². The van der Waals surface area contributed by atoms with E-state index >= 15 is 0 Å². The lowest BCUT2D eigenvalue weighted by molar-refractivity contribution is 0.0458. The molecule has 1 saturated heterocycles. The van der Waals surface area contributed by atoms with Gasteiger partial charge in [0.25, 0.3) is 0 Å². The number of halogens is 1. The highest BCUT2D eigenvalue weighted by Crippen LogP contribution is 2.24. The van der Waals surface area contributed by atoms with Crippen molar-refractivity contribution in [1.29, 1.82) is 0 Å². The molecule has 0 unspecified atom stereocenters. The molecule has 1 aliphatic heterocycles. The number of nitrogens with one attached hydrogen (secondary N) is 1. The number of urea groups is 1. The lowest BCUT2D eigenvalue weighted by Crippen LogP contribution is -2.37. The van der Waals surface area contributed by atoms with Crippen molar-refractivity contribution < 1.29 is 19.4 Å². The molecule has 1 aliphatic rings. The minimum Gasteiger partial charge on any atom is -0.465 e. The summed E-state index contributed by atoms with van der Waals surface area (Å²) in [5.74, 6) is -0.568. The molecule has 2 N–H and O–H groups in total. The molecule has 1 heterocycles. The van der Waals surface area contributed by atoms with E-state index in [1.165, 1.54) is 13.2 Å². The van der Waals surface area contributed by atoms with Crippen LogP contribution in [0.5, 0.6) is 0 Å². The van der Waals surface area contributed by atoms with Crippen LogP contribution in [-0.4, -0.2) is 47.8 Å².